The molecule has 2 aliphatic rings. The standard InChI is InChI=1S/C24H26N2O2S/c1-25(2)26-21-13-18(16-7-5-4-6-8-16)14-22(27)24(21)20(15-23(26)28)17-9-11-19(29-3)12-10-17/h4-12,18,20H,13-15H2,1-3H3/t18-,20-/m0/s1. The van der Waals surface area contributed by atoms with Gasteiger partial charge in [-0.2, -0.15) is 0 Å². The van der Waals surface area contributed by atoms with Crippen molar-refractivity contribution in [1.82, 2.24) is 10.0 Å². The average molecular weight is 407 g/mol. The molecule has 1 heterocycles. The van der Waals surface area contributed by atoms with Crippen LogP contribution in [-0.2, 0) is 9.59 Å². The van der Waals surface area contributed by atoms with Crippen LogP contribution in [0, 0.1) is 0 Å². The van der Waals surface area contributed by atoms with E-state index in [0.717, 1.165) is 22.4 Å². The van der Waals surface area contributed by atoms with Gasteiger partial charge in [-0.3, -0.25) is 9.59 Å². The van der Waals surface area contributed by atoms with E-state index in [1.807, 2.05) is 43.6 Å². The number of Topliss-reactive ketones (excluding diaryl/α,β-unsaturated/α-hetero) is 1. The third-order valence-corrected chi connectivity index (χ3v) is 6.63. The first-order valence-electron chi connectivity index (χ1n) is 9.95. The zero-order valence-corrected chi connectivity index (χ0v) is 17.9. The molecule has 150 valence electrons. The number of amides is 1. The van der Waals surface area contributed by atoms with Crippen LogP contribution in [0.15, 0.2) is 70.8 Å². The summed E-state index contributed by atoms with van der Waals surface area (Å²) in [5.74, 6) is 0.164. The zero-order chi connectivity index (χ0) is 20.5. The Morgan fingerprint density at radius 2 is 1.59 bits per heavy atom. The van der Waals surface area contributed by atoms with Crippen molar-refractivity contribution in [3.63, 3.8) is 0 Å². The largest absolute Gasteiger partial charge is 0.294 e. The van der Waals surface area contributed by atoms with Crippen molar-refractivity contribution in [1.29, 1.82) is 0 Å². The minimum absolute atomic E-state index is 0.0502. The SMILES string of the molecule is CSc1ccc([C@@H]2CC(=O)N(N(C)C)C3=C2C(=O)C[C@@H](c2ccccc2)C3)cc1. The Kier molecular flexibility index (Phi) is 5.61. The monoisotopic (exact) mass is 406 g/mol. The molecule has 1 aliphatic heterocycles. The predicted octanol–water partition coefficient (Wildman–Crippen LogP) is 4.60. The number of rotatable bonds is 4. The summed E-state index contributed by atoms with van der Waals surface area (Å²) in [4.78, 5) is 27.6. The molecule has 4 nitrogen and oxygen atoms in total. The highest BCUT2D eigenvalue weighted by Crippen LogP contribution is 2.45. The van der Waals surface area contributed by atoms with Gasteiger partial charge in [-0.1, -0.05) is 42.5 Å². The summed E-state index contributed by atoms with van der Waals surface area (Å²) in [7, 11) is 3.74. The number of hydrogen-bond donors (Lipinski definition) is 0. The molecule has 0 aromatic heterocycles. The quantitative estimate of drug-likeness (QED) is 0.696. The van der Waals surface area contributed by atoms with Crippen LogP contribution in [0.5, 0.6) is 0 Å². The van der Waals surface area contributed by atoms with Crippen molar-refractivity contribution >= 4 is 23.5 Å². The van der Waals surface area contributed by atoms with Gasteiger partial charge in [0.15, 0.2) is 5.78 Å². The van der Waals surface area contributed by atoms with Crippen molar-refractivity contribution in [3.8, 4) is 0 Å². The van der Waals surface area contributed by atoms with Crippen LogP contribution < -0.4 is 0 Å². The molecule has 0 bridgehead atoms. The molecule has 2 aromatic carbocycles. The number of thioether (sulfide) groups is 1. The van der Waals surface area contributed by atoms with Crippen LogP contribution in [-0.4, -0.2) is 42.1 Å². The molecule has 0 radical (unpaired) electrons. The summed E-state index contributed by atoms with van der Waals surface area (Å²) in [5.41, 5.74) is 3.90. The molecule has 2 aromatic rings. The summed E-state index contributed by atoms with van der Waals surface area (Å²) >= 11 is 1.69. The van der Waals surface area contributed by atoms with Gasteiger partial charge in [-0.05, 0) is 41.9 Å². The number of hydrogen-bond acceptors (Lipinski definition) is 4. The van der Waals surface area contributed by atoms with Crippen molar-refractivity contribution in [3.05, 3.63) is 77.0 Å². The Balaban J connectivity index is 1.78. The molecule has 4 rings (SSSR count). The summed E-state index contributed by atoms with van der Waals surface area (Å²) in [5, 5.41) is 3.53. The fraction of sp³-hybridized carbons (Fsp3) is 0.333. The van der Waals surface area contributed by atoms with E-state index in [1.165, 1.54) is 4.90 Å². The van der Waals surface area contributed by atoms with E-state index in [1.54, 1.807) is 16.8 Å². The molecule has 2 atom stereocenters. The fourth-order valence-corrected chi connectivity index (χ4v) is 4.97. The molecule has 29 heavy (non-hydrogen) atoms. The average Bonchev–Trinajstić information content (AvgIpc) is 2.73. The smallest absolute Gasteiger partial charge is 0.242 e. The molecule has 0 fully saturated rings. The third-order valence-electron chi connectivity index (χ3n) is 5.89. The highest BCUT2D eigenvalue weighted by atomic mass is 32.2. The first-order chi connectivity index (χ1) is 14.0. The molecule has 0 unspecified atom stereocenters. The molecule has 0 saturated carbocycles. The second-order valence-electron chi connectivity index (χ2n) is 7.88. The first kappa shape index (κ1) is 19.9. The van der Waals surface area contributed by atoms with E-state index in [9.17, 15) is 9.59 Å². The van der Waals surface area contributed by atoms with Crippen molar-refractivity contribution in [2.75, 3.05) is 20.4 Å². The lowest BCUT2D eigenvalue weighted by Crippen LogP contribution is -2.47. The highest BCUT2D eigenvalue weighted by Gasteiger charge is 2.42. The van der Waals surface area contributed by atoms with Gasteiger partial charge in [0.25, 0.3) is 0 Å². The van der Waals surface area contributed by atoms with Gasteiger partial charge in [0.05, 0.1) is 0 Å². The third kappa shape index (κ3) is 3.77. The van der Waals surface area contributed by atoms with Crippen LogP contribution in [0.25, 0.3) is 0 Å². The molecule has 0 spiro atoms. The van der Waals surface area contributed by atoms with E-state index >= 15 is 0 Å². The summed E-state index contributed by atoms with van der Waals surface area (Å²) in [6.07, 6.45) is 3.58. The topological polar surface area (TPSA) is 40.6 Å². The maximum absolute atomic E-state index is 13.4. The number of benzene rings is 2. The Bertz CT molecular complexity index is 951. The van der Waals surface area contributed by atoms with Gasteiger partial charge in [-0.15, -0.1) is 11.8 Å². The van der Waals surface area contributed by atoms with Crippen molar-refractivity contribution < 1.29 is 9.59 Å². The predicted molar refractivity (Wildman–Crippen MR) is 117 cm³/mol. The van der Waals surface area contributed by atoms with Gasteiger partial charge in [0.1, 0.15) is 0 Å². The van der Waals surface area contributed by atoms with Gasteiger partial charge >= 0.3 is 0 Å². The van der Waals surface area contributed by atoms with E-state index in [0.29, 0.717) is 19.3 Å². The molecule has 0 N–H and O–H groups in total. The number of hydrazine groups is 1. The Hall–Kier alpha value is -2.37. The van der Waals surface area contributed by atoms with E-state index in [4.69, 9.17) is 0 Å². The van der Waals surface area contributed by atoms with Gasteiger partial charge < -0.3 is 0 Å². The van der Waals surface area contributed by atoms with Crippen LogP contribution in [0.1, 0.15) is 42.2 Å². The molecule has 5 heteroatoms. The lowest BCUT2D eigenvalue weighted by molar-refractivity contribution is -0.143. The number of nitrogens with zero attached hydrogens (tertiary/aromatic N) is 2. The maximum atomic E-state index is 13.4. The highest BCUT2D eigenvalue weighted by molar-refractivity contribution is 7.98. The molecule has 1 amide bonds. The van der Waals surface area contributed by atoms with Crippen LogP contribution in [0.2, 0.25) is 0 Å². The molecular weight excluding hydrogens is 380 g/mol. The van der Waals surface area contributed by atoms with Gasteiger partial charge in [0, 0.05) is 49.0 Å². The summed E-state index contributed by atoms with van der Waals surface area (Å²) < 4.78 is 0. The summed E-state index contributed by atoms with van der Waals surface area (Å²) in [6, 6.07) is 18.4. The minimum atomic E-state index is -0.158. The Morgan fingerprint density at radius 3 is 2.21 bits per heavy atom. The first-order valence-corrected chi connectivity index (χ1v) is 11.2. The maximum Gasteiger partial charge on any atom is 0.242 e. The number of carbonyl (C=O) groups is 2. The van der Waals surface area contributed by atoms with Crippen LogP contribution in [0.4, 0.5) is 0 Å². The minimum Gasteiger partial charge on any atom is -0.294 e. The molecule has 1 aliphatic carbocycles. The van der Waals surface area contributed by atoms with Crippen LogP contribution in [0.3, 0.4) is 0 Å². The van der Waals surface area contributed by atoms with Gasteiger partial charge in [0.2, 0.25) is 5.91 Å². The molecular formula is C24H26N2O2S. The second-order valence-corrected chi connectivity index (χ2v) is 8.76. The second kappa shape index (κ2) is 8.17. The van der Waals surface area contributed by atoms with Crippen LogP contribution >= 0.6 is 11.8 Å². The number of ketones is 1. The van der Waals surface area contributed by atoms with Crippen molar-refractivity contribution in [2.45, 2.75) is 36.0 Å². The van der Waals surface area contributed by atoms with E-state index in [-0.39, 0.29) is 23.5 Å². The Morgan fingerprint density at radius 1 is 0.897 bits per heavy atom. The van der Waals surface area contributed by atoms with E-state index < -0.39 is 0 Å². The van der Waals surface area contributed by atoms with Crippen molar-refractivity contribution in [2.24, 2.45) is 0 Å². The Labute approximate surface area is 176 Å². The number of allylic oxidation sites excluding steroid dienone is 2. The van der Waals surface area contributed by atoms with Gasteiger partial charge in [-0.25, -0.2) is 10.0 Å². The fourth-order valence-electron chi connectivity index (χ4n) is 4.57. The lowest BCUT2D eigenvalue weighted by Gasteiger charge is -2.42. The normalized spacial score (nSPS) is 22.3. The molecule has 0 saturated heterocycles. The zero-order valence-electron chi connectivity index (χ0n) is 17.1. The summed E-state index contributed by atoms with van der Waals surface area (Å²) in [6.45, 7) is 0. The van der Waals surface area contributed by atoms with E-state index in [2.05, 4.69) is 36.4 Å². The lowest BCUT2D eigenvalue weighted by atomic mass is 9.73. The number of carbonyl (C=O) groups excluding carboxylic acids is 2.